The standard InChI is InChI=1S/C16H21NO4/c1-3-21-14-10-5-4-8-12(14)15(18)17-11-7-6-9-13(17)16(19)20-2/h4-5,8,10,13H,3,6-7,9,11H2,1-2H3. The number of nitrogens with zero attached hydrogens (tertiary/aromatic N) is 1. The molecule has 0 bridgehead atoms. The fourth-order valence-electron chi connectivity index (χ4n) is 2.64. The Morgan fingerprint density at radius 3 is 2.76 bits per heavy atom. The molecule has 1 fully saturated rings. The minimum atomic E-state index is -0.495. The first-order valence-corrected chi connectivity index (χ1v) is 7.29. The number of rotatable bonds is 4. The number of esters is 1. The minimum Gasteiger partial charge on any atom is -0.493 e. The molecule has 0 spiro atoms. The molecule has 1 saturated heterocycles. The van der Waals surface area contributed by atoms with Crippen LogP contribution in [-0.4, -0.2) is 43.1 Å². The second-order valence-electron chi connectivity index (χ2n) is 4.96. The van der Waals surface area contributed by atoms with Gasteiger partial charge in [0.15, 0.2) is 0 Å². The lowest BCUT2D eigenvalue weighted by atomic mass is 10.0. The highest BCUT2D eigenvalue weighted by atomic mass is 16.5. The maximum absolute atomic E-state index is 12.8. The van der Waals surface area contributed by atoms with Gasteiger partial charge < -0.3 is 14.4 Å². The van der Waals surface area contributed by atoms with Crippen molar-refractivity contribution in [2.24, 2.45) is 0 Å². The molecule has 1 atom stereocenters. The molecule has 0 saturated carbocycles. The number of para-hydroxylation sites is 1. The first-order chi connectivity index (χ1) is 10.2. The highest BCUT2D eigenvalue weighted by Gasteiger charge is 2.34. The fraction of sp³-hybridized carbons (Fsp3) is 0.500. The van der Waals surface area contributed by atoms with Crippen LogP contribution in [0.5, 0.6) is 5.75 Å². The summed E-state index contributed by atoms with van der Waals surface area (Å²) in [6.07, 6.45) is 2.47. The molecular formula is C16H21NO4. The number of likely N-dealkylation sites (tertiary alicyclic amines) is 1. The van der Waals surface area contributed by atoms with Crippen molar-refractivity contribution in [1.29, 1.82) is 0 Å². The van der Waals surface area contributed by atoms with Gasteiger partial charge in [0.2, 0.25) is 0 Å². The molecule has 5 nitrogen and oxygen atoms in total. The molecular weight excluding hydrogens is 270 g/mol. The van der Waals surface area contributed by atoms with Crippen molar-refractivity contribution < 1.29 is 19.1 Å². The van der Waals surface area contributed by atoms with E-state index in [-0.39, 0.29) is 11.9 Å². The Hall–Kier alpha value is -2.04. The summed E-state index contributed by atoms with van der Waals surface area (Å²) in [6.45, 7) is 2.93. The van der Waals surface area contributed by atoms with Crippen molar-refractivity contribution in [1.82, 2.24) is 4.90 Å². The maximum atomic E-state index is 12.8. The van der Waals surface area contributed by atoms with E-state index in [0.717, 1.165) is 12.8 Å². The summed E-state index contributed by atoms with van der Waals surface area (Å²) in [6, 6.07) is 6.64. The van der Waals surface area contributed by atoms with Crippen molar-refractivity contribution >= 4 is 11.9 Å². The van der Waals surface area contributed by atoms with Crippen molar-refractivity contribution in [3.05, 3.63) is 29.8 Å². The Balaban J connectivity index is 2.27. The molecule has 0 N–H and O–H groups in total. The van der Waals surface area contributed by atoms with Crippen LogP contribution in [0.1, 0.15) is 36.5 Å². The van der Waals surface area contributed by atoms with Crippen molar-refractivity contribution in [3.8, 4) is 5.75 Å². The Bertz CT molecular complexity index is 515. The third-order valence-corrected chi connectivity index (χ3v) is 3.65. The second-order valence-corrected chi connectivity index (χ2v) is 4.96. The number of benzene rings is 1. The molecule has 0 radical (unpaired) electrons. The van der Waals surface area contributed by atoms with Gasteiger partial charge in [-0.15, -0.1) is 0 Å². The van der Waals surface area contributed by atoms with Gasteiger partial charge in [-0.1, -0.05) is 12.1 Å². The van der Waals surface area contributed by atoms with E-state index in [2.05, 4.69) is 0 Å². The van der Waals surface area contributed by atoms with E-state index in [9.17, 15) is 9.59 Å². The van der Waals surface area contributed by atoms with Crippen LogP contribution in [-0.2, 0) is 9.53 Å². The lowest BCUT2D eigenvalue weighted by molar-refractivity contribution is -0.147. The SMILES string of the molecule is CCOc1ccccc1C(=O)N1CCCCC1C(=O)OC. The van der Waals surface area contributed by atoms with Crippen LogP contribution >= 0.6 is 0 Å². The van der Waals surface area contributed by atoms with E-state index in [0.29, 0.717) is 30.9 Å². The second kappa shape index (κ2) is 7.11. The van der Waals surface area contributed by atoms with Crippen LogP contribution in [0.4, 0.5) is 0 Å². The van der Waals surface area contributed by atoms with Gasteiger partial charge >= 0.3 is 5.97 Å². The minimum absolute atomic E-state index is 0.172. The van der Waals surface area contributed by atoms with E-state index in [1.54, 1.807) is 23.1 Å². The summed E-state index contributed by atoms with van der Waals surface area (Å²) in [5.41, 5.74) is 0.496. The van der Waals surface area contributed by atoms with Gasteiger partial charge in [0.25, 0.3) is 5.91 Å². The molecule has 0 aromatic heterocycles. The zero-order valence-electron chi connectivity index (χ0n) is 12.5. The summed E-state index contributed by atoms with van der Waals surface area (Å²) < 4.78 is 10.3. The van der Waals surface area contributed by atoms with Crippen molar-refractivity contribution in [3.63, 3.8) is 0 Å². The molecule has 1 aliphatic rings. The Morgan fingerprint density at radius 1 is 1.29 bits per heavy atom. The molecule has 1 aromatic rings. The van der Waals surface area contributed by atoms with Gasteiger partial charge in [-0.05, 0) is 38.3 Å². The lowest BCUT2D eigenvalue weighted by Crippen LogP contribution is -2.48. The van der Waals surface area contributed by atoms with E-state index in [1.807, 2.05) is 13.0 Å². The molecule has 1 aromatic carbocycles. The van der Waals surface area contributed by atoms with Gasteiger partial charge in [0.05, 0.1) is 19.3 Å². The number of amides is 1. The van der Waals surface area contributed by atoms with Gasteiger partial charge in [-0.3, -0.25) is 4.79 Å². The van der Waals surface area contributed by atoms with E-state index >= 15 is 0 Å². The van der Waals surface area contributed by atoms with Gasteiger partial charge in [0, 0.05) is 6.54 Å². The molecule has 5 heteroatoms. The average molecular weight is 291 g/mol. The lowest BCUT2D eigenvalue weighted by Gasteiger charge is -2.34. The Morgan fingerprint density at radius 2 is 2.05 bits per heavy atom. The summed E-state index contributed by atoms with van der Waals surface area (Å²) in [5, 5.41) is 0. The zero-order valence-corrected chi connectivity index (χ0v) is 12.5. The molecule has 2 rings (SSSR count). The maximum Gasteiger partial charge on any atom is 0.328 e. The average Bonchev–Trinajstić information content (AvgIpc) is 2.54. The highest BCUT2D eigenvalue weighted by molar-refractivity contribution is 5.99. The number of piperidine rings is 1. The largest absolute Gasteiger partial charge is 0.493 e. The number of hydrogen-bond acceptors (Lipinski definition) is 4. The summed E-state index contributed by atoms with van der Waals surface area (Å²) in [5.74, 6) is 0.0327. The van der Waals surface area contributed by atoms with E-state index < -0.39 is 6.04 Å². The van der Waals surface area contributed by atoms with E-state index in [4.69, 9.17) is 9.47 Å². The molecule has 114 valence electrons. The van der Waals surface area contributed by atoms with Gasteiger partial charge in [-0.25, -0.2) is 4.79 Å². The monoisotopic (exact) mass is 291 g/mol. The molecule has 1 amide bonds. The van der Waals surface area contributed by atoms with E-state index in [1.165, 1.54) is 7.11 Å². The summed E-state index contributed by atoms with van der Waals surface area (Å²) in [4.78, 5) is 26.2. The first-order valence-electron chi connectivity index (χ1n) is 7.29. The highest BCUT2D eigenvalue weighted by Crippen LogP contribution is 2.25. The van der Waals surface area contributed by atoms with Crippen LogP contribution in [0.15, 0.2) is 24.3 Å². The number of carbonyl (C=O) groups excluding carboxylic acids is 2. The number of hydrogen-bond donors (Lipinski definition) is 0. The van der Waals surface area contributed by atoms with Crippen LogP contribution < -0.4 is 4.74 Å². The molecule has 1 heterocycles. The smallest absolute Gasteiger partial charge is 0.328 e. The van der Waals surface area contributed by atoms with Gasteiger partial charge in [-0.2, -0.15) is 0 Å². The fourth-order valence-corrected chi connectivity index (χ4v) is 2.64. The van der Waals surface area contributed by atoms with Crippen LogP contribution in [0.2, 0.25) is 0 Å². The number of carbonyl (C=O) groups is 2. The van der Waals surface area contributed by atoms with Crippen LogP contribution in [0.25, 0.3) is 0 Å². The van der Waals surface area contributed by atoms with Gasteiger partial charge in [0.1, 0.15) is 11.8 Å². The van der Waals surface area contributed by atoms with Crippen LogP contribution in [0, 0.1) is 0 Å². The first kappa shape index (κ1) is 15.4. The van der Waals surface area contributed by atoms with Crippen LogP contribution in [0.3, 0.4) is 0 Å². The molecule has 1 unspecified atom stereocenters. The summed E-state index contributed by atoms with van der Waals surface area (Å²) in [7, 11) is 1.35. The molecule has 0 aliphatic carbocycles. The van der Waals surface area contributed by atoms with Crippen molar-refractivity contribution in [2.75, 3.05) is 20.3 Å². The topological polar surface area (TPSA) is 55.8 Å². The quantitative estimate of drug-likeness (QED) is 0.798. The Kier molecular flexibility index (Phi) is 5.20. The zero-order chi connectivity index (χ0) is 15.2. The molecule has 1 aliphatic heterocycles. The predicted molar refractivity (Wildman–Crippen MR) is 78.3 cm³/mol. The third kappa shape index (κ3) is 3.35. The number of methoxy groups -OCH3 is 1. The third-order valence-electron chi connectivity index (χ3n) is 3.65. The number of ether oxygens (including phenoxy) is 2. The predicted octanol–water partition coefficient (Wildman–Crippen LogP) is 2.25. The normalized spacial score (nSPS) is 18.2. The summed E-state index contributed by atoms with van der Waals surface area (Å²) >= 11 is 0. The molecule has 21 heavy (non-hydrogen) atoms. The Labute approximate surface area is 124 Å². The van der Waals surface area contributed by atoms with Crippen molar-refractivity contribution in [2.45, 2.75) is 32.2 Å².